The summed E-state index contributed by atoms with van der Waals surface area (Å²) in [7, 11) is 0. The number of para-hydroxylation sites is 2. The number of benzene rings is 3. The van der Waals surface area contributed by atoms with Crippen molar-refractivity contribution in [2.45, 2.75) is 6.92 Å². The molecule has 3 rings (SSSR count). The standard InChI is InChI=1S/C19H14Cl2O2/c1-13-12-14(22-18-8-4-2-6-15(18)20)10-11-17(13)23-19-9-5-3-7-16(19)21/h2-12H,1H3. The summed E-state index contributed by atoms with van der Waals surface area (Å²) in [4.78, 5) is 0. The highest BCUT2D eigenvalue weighted by molar-refractivity contribution is 6.32. The van der Waals surface area contributed by atoms with E-state index in [-0.39, 0.29) is 0 Å². The molecule has 23 heavy (non-hydrogen) atoms. The third-order valence-electron chi connectivity index (χ3n) is 3.27. The molecule has 0 aliphatic heterocycles. The fourth-order valence-electron chi connectivity index (χ4n) is 2.10. The Morgan fingerprint density at radius 3 is 1.78 bits per heavy atom. The normalized spacial score (nSPS) is 10.4. The number of ether oxygens (including phenoxy) is 2. The smallest absolute Gasteiger partial charge is 0.146 e. The third-order valence-corrected chi connectivity index (χ3v) is 3.89. The second-order valence-corrected chi connectivity index (χ2v) is 5.81. The molecular weight excluding hydrogens is 331 g/mol. The Labute approximate surface area is 145 Å². The monoisotopic (exact) mass is 344 g/mol. The van der Waals surface area contributed by atoms with Gasteiger partial charge in [0.05, 0.1) is 10.0 Å². The van der Waals surface area contributed by atoms with Crippen LogP contribution in [-0.2, 0) is 0 Å². The van der Waals surface area contributed by atoms with Crippen molar-refractivity contribution in [3.8, 4) is 23.0 Å². The topological polar surface area (TPSA) is 18.5 Å². The van der Waals surface area contributed by atoms with Crippen LogP contribution in [0, 0.1) is 6.92 Å². The van der Waals surface area contributed by atoms with Crippen LogP contribution in [0.1, 0.15) is 5.56 Å². The van der Waals surface area contributed by atoms with Gasteiger partial charge in [-0.25, -0.2) is 0 Å². The van der Waals surface area contributed by atoms with Crippen LogP contribution in [0.4, 0.5) is 0 Å². The minimum Gasteiger partial charge on any atom is -0.456 e. The summed E-state index contributed by atoms with van der Waals surface area (Å²) >= 11 is 12.2. The molecule has 0 unspecified atom stereocenters. The highest BCUT2D eigenvalue weighted by Crippen LogP contribution is 2.34. The van der Waals surface area contributed by atoms with Crippen LogP contribution >= 0.6 is 23.2 Å². The second kappa shape index (κ2) is 6.95. The first kappa shape index (κ1) is 15.7. The van der Waals surface area contributed by atoms with Crippen LogP contribution in [0.15, 0.2) is 66.7 Å². The van der Waals surface area contributed by atoms with E-state index in [1.54, 1.807) is 12.1 Å². The first-order valence-corrected chi connectivity index (χ1v) is 7.84. The highest BCUT2D eigenvalue weighted by atomic mass is 35.5. The zero-order valence-electron chi connectivity index (χ0n) is 12.4. The van der Waals surface area contributed by atoms with Crippen LogP contribution in [0.3, 0.4) is 0 Å². The summed E-state index contributed by atoms with van der Waals surface area (Å²) in [5.74, 6) is 2.66. The Bertz CT molecular complexity index is 831. The number of halogens is 2. The van der Waals surface area contributed by atoms with Gasteiger partial charge in [0.25, 0.3) is 0 Å². The first-order chi connectivity index (χ1) is 11.1. The van der Waals surface area contributed by atoms with Gasteiger partial charge in [-0.1, -0.05) is 47.5 Å². The summed E-state index contributed by atoms with van der Waals surface area (Å²) in [5.41, 5.74) is 0.939. The number of aryl methyl sites for hydroxylation is 1. The Kier molecular flexibility index (Phi) is 4.75. The molecule has 3 aromatic carbocycles. The van der Waals surface area contributed by atoms with Crippen molar-refractivity contribution in [2.75, 3.05) is 0 Å². The van der Waals surface area contributed by atoms with Gasteiger partial charge in [0, 0.05) is 0 Å². The minimum absolute atomic E-state index is 0.571. The maximum Gasteiger partial charge on any atom is 0.146 e. The zero-order valence-corrected chi connectivity index (χ0v) is 13.9. The van der Waals surface area contributed by atoms with E-state index in [2.05, 4.69) is 0 Å². The lowest BCUT2D eigenvalue weighted by atomic mass is 10.2. The summed E-state index contributed by atoms with van der Waals surface area (Å²) in [6, 6.07) is 20.3. The molecule has 116 valence electrons. The van der Waals surface area contributed by atoms with Gasteiger partial charge in [-0.3, -0.25) is 0 Å². The molecule has 0 aliphatic carbocycles. The van der Waals surface area contributed by atoms with E-state index in [1.165, 1.54) is 0 Å². The van der Waals surface area contributed by atoms with Gasteiger partial charge in [-0.05, 0) is 55.0 Å². The summed E-state index contributed by atoms with van der Waals surface area (Å²) in [6.45, 7) is 1.95. The Morgan fingerprint density at radius 1 is 0.652 bits per heavy atom. The van der Waals surface area contributed by atoms with E-state index in [0.717, 1.165) is 11.3 Å². The molecule has 4 heteroatoms. The largest absolute Gasteiger partial charge is 0.456 e. The summed E-state index contributed by atoms with van der Waals surface area (Å²) < 4.78 is 11.7. The molecule has 0 radical (unpaired) electrons. The van der Waals surface area contributed by atoms with Crippen LogP contribution in [0.2, 0.25) is 10.0 Å². The lowest BCUT2D eigenvalue weighted by molar-refractivity contribution is 0.466. The minimum atomic E-state index is 0.571. The van der Waals surface area contributed by atoms with E-state index in [9.17, 15) is 0 Å². The molecule has 0 aliphatic rings. The molecule has 0 atom stereocenters. The van der Waals surface area contributed by atoms with E-state index in [1.807, 2.05) is 61.5 Å². The van der Waals surface area contributed by atoms with Crippen molar-refractivity contribution >= 4 is 23.2 Å². The second-order valence-electron chi connectivity index (χ2n) is 4.99. The van der Waals surface area contributed by atoms with Crippen LogP contribution in [-0.4, -0.2) is 0 Å². The van der Waals surface area contributed by atoms with Gasteiger partial charge in [-0.15, -0.1) is 0 Å². The lowest BCUT2D eigenvalue weighted by Crippen LogP contribution is -1.90. The average Bonchev–Trinajstić information content (AvgIpc) is 2.54. The molecule has 0 spiro atoms. The van der Waals surface area contributed by atoms with Gasteiger partial charge < -0.3 is 9.47 Å². The Hall–Kier alpha value is -2.16. The molecule has 3 aromatic rings. The summed E-state index contributed by atoms with van der Waals surface area (Å²) in [5, 5.41) is 1.14. The number of rotatable bonds is 4. The summed E-state index contributed by atoms with van der Waals surface area (Å²) in [6.07, 6.45) is 0. The fraction of sp³-hybridized carbons (Fsp3) is 0.0526. The predicted molar refractivity (Wildman–Crippen MR) is 94.2 cm³/mol. The van der Waals surface area contributed by atoms with Crippen LogP contribution in [0.25, 0.3) is 0 Å². The van der Waals surface area contributed by atoms with Crippen LogP contribution in [0.5, 0.6) is 23.0 Å². The third kappa shape index (κ3) is 3.79. The SMILES string of the molecule is Cc1cc(Oc2ccccc2Cl)ccc1Oc1ccccc1Cl. The Balaban J connectivity index is 1.81. The fourth-order valence-corrected chi connectivity index (χ4v) is 2.45. The lowest BCUT2D eigenvalue weighted by Gasteiger charge is -2.12. The average molecular weight is 345 g/mol. The molecule has 2 nitrogen and oxygen atoms in total. The van der Waals surface area contributed by atoms with E-state index in [4.69, 9.17) is 32.7 Å². The number of hydrogen-bond donors (Lipinski definition) is 0. The molecule has 0 amide bonds. The van der Waals surface area contributed by atoms with Gasteiger partial charge >= 0.3 is 0 Å². The van der Waals surface area contributed by atoms with E-state index in [0.29, 0.717) is 27.3 Å². The molecule has 0 fully saturated rings. The first-order valence-electron chi connectivity index (χ1n) is 7.09. The number of hydrogen-bond acceptors (Lipinski definition) is 2. The molecule has 0 heterocycles. The molecule has 0 aromatic heterocycles. The van der Waals surface area contributed by atoms with Crippen molar-refractivity contribution in [3.05, 3.63) is 82.3 Å². The van der Waals surface area contributed by atoms with Crippen LogP contribution < -0.4 is 9.47 Å². The Morgan fingerprint density at radius 2 is 1.22 bits per heavy atom. The van der Waals surface area contributed by atoms with Crippen molar-refractivity contribution < 1.29 is 9.47 Å². The van der Waals surface area contributed by atoms with E-state index >= 15 is 0 Å². The van der Waals surface area contributed by atoms with E-state index < -0.39 is 0 Å². The van der Waals surface area contributed by atoms with Gasteiger partial charge in [0.1, 0.15) is 23.0 Å². The molecule has 0 saturated heterocycles. The molecular formula is C19H14Cl2O2. The maximum absolute atomic E-state index is 6.12. The zero-order chi connectivity index (χ0) is 16.2. The quantitative estimate of drug-likeness (QED) is 0.513. The van der Waals surface area contributed by atoms with Crippen molar-refractivity contribution in [2.24, 2.45) is 0 Å². The van der Waals surface area contributed by atoms with Gasteiger partial charge in [-0.2, -0.15) is 0 Å². The van der Waals surface area contributed by atoms with Crippen molar-refractivity contribution in [1.29, 1.82) is 0 Å². The maximum atomic E-state index is 6.12. The molecule has 0 saturated carbocycles. The van der Waals surface area contributed by atoms with Crippen molar-refractivity contribution in [3.63, 3.8) is 0 Å². The molecule has 0 N–H and O–H groups in total. The van der Waals surface area contributed by atoms with Gasteiger partial charge in [0.2, 0.25) is 0 Å². The predicted octanol–water partition coefficient (Wildman–Crippen LogP) is 6.89. The van der Waals surface area contributed by atoms with Gasteiger partial charge in [0.15, 0.2) is 0 Å². The highest BCUT2D eigenvalue weighted by Gasteiger charge is 2.08. The van der Waals surface area contributed by atoms with Crippen molar-refractivity contribution in [1.82, 2.24) is 0 Å². The molecule has 0 bridgehead atoms.